The molecule has 3 aromatic rings. The Morgan fingerprint density at radius 1 is 0.721 bits per heavy atom. The van der Waals surface area contributed by atoms with E-state index < -0.39 is 0 Å². The maximum Gasteiger partial charge on any atom is 0.333 e. The zero-order chi connectivity index (χ0) is 31.2. The first-order valence-corrected chi connectivity index (χ1v) is 16.1. The molecular weight excluding hydrogens is 532 g/mol. The van der Waals surface area contributed by atoms with E-state index in [1.165, 1.54) is 44.5 Å². The first-order chi connectivity index (χ1) is 20.8. The van der Waals surface area contributed by atoms with Gasteiger partial charge in [-0.15, -0.1) is 0 Å². The van der Waals surface area contributed by atoms with Crippen molar-refractivity contribution < 1.29 is 19.7 Å². The molecule has 232 valence electrons. The number of ether oxygens (including phenoxy) is 1. The van der Waals surface area contributed by atoms with E-state index in [4.69, 9.17) is 4.74 Å². The lowest BCUT2D eigenvalue weighted by molar-refractivity contribution is -0.139. The average Bonchev–Trinajstić information content (AvgIpc) is 3.04. The van der Waals surface area contributed by atoms with E-state index in [1.54, 1.807) is 6.92 Å². The summed E-state index contributed by atoms with van der Waals surface area (Å²) >= 11 is 0. The van der Waals surface area contributed by atoms with Crippen molar-refractivity contribution in [2.75, 3.05) is 19.8 Å². The van der Waals surface area contributed by atoms with Crippen LogP contribution in [0.25, 0.3) is 11.1 Å². The second-order valence-electron chi connectivity index (χ2n) is 12.0. The molecule has 0 aliphatic heterocycles. The number of aliphatic hydroxyl groups excluding tert-OH is 2. The highest BCUT2D eigenvalue weighted by atomic mass is 16.5. The molecule has 0 radical (unpaired) electrons. The molecule has 0 spiro atoms. The number of carbonyl (C=O) groups is 1. The fourth-order valence-electron chi connectivity index (χ4n) is 5.72. The first kappa shape index (κ1) is 34.3. The van der Waals surface area contributed by atoms with E-state index in [0.29, 0.717) is 12.2 Å². The molecule has 0 atom stereocenters. The van der Waals surface area contributed by atoms with E-state index >= 15 is 0 Å². The average molecular weight is 585 g/mol. The predicted molar refractivity (Wildman–Crippen MR) is 178 cm³/mol. The number of rotatable bonds is 18. The van der Waals surface area contributed by atoms with Gasteiger partial charge in [-0.3, -0.25) is 0 Å². The quantitative estimate of drug-likeness (QED) is 0.0903. The Labute approximate surface area is 259 Å². The van der Waals surface area contributed by atoms with Crippen LogP contribution in [0.15, 0.2) is 72.8 Å². The van der Waals surface area contributed by atoms with E-state index in [-0.39, 0.29) is 24.6 Å². The Morgan fingerprint density at radius 3 is 1.67 bits per heavy atom. The molecule has 0 heterocycles. The van der Waals surface area contributed by atoms with Gasteiger partial charge in [0.25, 0.3) is 0 Å². The molecule has 4 nitrogen and oxygen atoms in total. The highest BCUT2D eigenvalue weighted by Crippen LogP contribution is 2.32. The number of benzene rings is 3. The highest BCUT2D eigenvalue weighted by Gasteiger charge is 2.25. The van der Waals surface area contributed by atoms with Gasteiger partial charge in [0.2, 0.25) is 0 Å². The van der Waals surface area contributed by atoms with Crippen LogP contribution in [0.3, 0.4) is 0 Å². The molecule has 2 N–H and O–H groups in total. The summed E-state index contributed by atoms with van der Waals surface area (Å²) in [5.74, 6) is -0.317. The van der Waals surface area contributed by atoms with E-state index in [2.05, 4.69) is 81.1 Å². The molecule has 0 unspecified atom stereocenters. The normalized spacial score (nSPS) is 11.5. The van der Waals surface area contributed by atoms with Crippen LogP contribution in [0.4, 0.5) is 0 Å². The Kier molecular flexibility index (Phi) is 13.7. The number of hydrogen-bond acceptors (Lipinski definition) is 4. The van der Waals surface area contributed by atoms with Crippen LogP contribution < -0.4 is 0 Å². The van der Waals surface area contributed by atoms with Crippen LogP contribution in [-0.4, -0.2) is 36.0 Å². The molecule has 3 aromatic carbocycles. The number of aliphatic hydroxyl groups is 2. The lowest BCUT2D eigenvalue weighted by Crippen LogP contribution is -2.29. The largest absolute Gasteiger partial charge is 0.462 e. The van der Waals surface area contributed by atoms with Crippen molar-refractivity contribution in [1.29, 1.82) is 0 Å². The fraction of sp³-hybridized carbons (Fsp3) is 0.462. The number of carbonyl (C=O) groups excluding carboxylic acids is 1. The molecule has 0 aromatic heterocycles. The van der Waals surface area contributed by atoms with E-state index in [0.717, 1.165) is 64.2 Å². The van der Waals surface area contributed by atoms with Crippen molar-refractivity contribution in [2.24, 2.45) is 5.41 Å². The van der Waals surface area contributed by atoms with Gasteiger partial charge in [-0.1, -0.05) is 88.0 Å². The van der Waals surface area contributed by atoms with Gasteiger partial charge < -0.3 is 14.9 Å². The number of aryl methyl sites for hydroxylation is 6. The van der Waals surface area contributed by atoms with Gasteiger partial charge in [0.05, 0.1) is 19.8 Å². The van der Waals surface area contributed by atoms with Crippen molar-refractivity contribution in [2.45, 2.75) is 91.9 Å². The summed E-state index contributed by atoms with van der Waals surface area (Å²) in [6.07, 6.45) is 9.22. The molecule has 0 fully saturated rings. The smallest absolute Gasteiger partial charge is 0.333 e. The van der Waals surface area contributed by atoms with Crippen LogP contribution in [0.2, 0.25) is 0 Å². The maximum absolute atomic E-state index is 11.5. The van der Waals surface area contributed by atoms with Crippen molar-refractivity contribution in [1.82, 2.24) is 0 Å². The Morgan fingerprint density at radius 2 is 1.19 bits per heavy atom. The monoisotopic (exact) mass is 584 g/mol. The zero-order valence-corrected chi connectivity index (χ0v) is 26.9. The Hall–Kier alpha value is -3.21. The van der Waals surface area contributed by atoms with Crippen molar-refractivity contribution in [3.05, 3.63) is 106 Å². The van der Waals surface area contributed by atoms with Gasteiger partial charge in [0, 0.05) is 11.0 Å². The Balaban J connectivity index is 1.60. The minimum atomic E-state index is -0.362. The second-order valence-corrected chi connectivity index (χ2v) is 12.0. The van der Waals surface area contributed by atoms with Crippen molar-refractivity contribution >= 4 is 5.97 Å². The molecule has 0 aliphatic rings. The predicted octanol–water partition coefficient (Wildman–Crippen LogP) is 8.02. The molecule has 0 saturated heterocycles. The summed E-state index contributed by atoms with van der Waals surface area (Å²) in [5, 5.41) is 19.5. The third kappa shape index (κ3) is 9.91. The summed E-state index contributed by atoms with van der Waals surface area (Å²) in [6, 6.07) is 22.7. The third-order valence-electron chi connectivity index (χ3n) is 8.90. The van der Waals surface area contributed by atoms with E-state index in [9.17, 15) is 15.0 Å². The van der Waals surface area contributed by atoms with E-state index in [1.807, 2.05) is 6.92 Å². The molecular formula is C39H52O4. The van der Waals surface area contributed by atoms with Crippen LogP contribution in [0.1, 0.15) is 86.8 Å². The number of hydrogen-bond donors (Lipinski definition) is 2. The van der Waals surface area contributed by atoms with Crippen LogP contribution in [0.5, 0.6) is 0 Å². The number of esters is 1. The van der Waals surface area contributed by atoms with Crippen molar-refractivity contribution in [3.63, 3.8) is 0 Å². The van der Waals surface area contributed by atoms with Crippen LogP contribution in [-0.2, 0) is 48.1 Å². The minimum Gasteiger partial charge on any atom is -0.462 e. The van der Waals surface area contributed by atoms with Crippen LogP contribution >= 0.6 is 0 Å². The molecule has 0 bridgehead atoms. The lowest BCUT2D eigenvalue weighted by atomic mass is 9.81. The van der Waals surface area contributed by atoms with Gasteiger partial charge in [-0.25, -0.2) is 4.79 Å². The summed E-state index contributed by atoms with van der Waals surface area (Å²) in [6.45, 7) is 12.3. The van der Waals surface area contributed by atoms with Gasteiger partial charge in [-0.05, 0) is 116 Å². The minimum absolute atomic E-state index is 0.0407. The standard InChI is InChI=1S/C39H52O4/c1-6-34-25-32(11-9-23-39(8-3,27-40)28-41)19-21-36(34)37-22-20-33(26-35(37)7-2)18-17-31-15-13-30(14-16-31)12-10-24-43-38(42)29(4)5/h13-16,19-22,25-26,40-41H,4,6-12,17-18,23-24,27-28H2,1-3,5H3. The summed E-state index contributed by atoms with van der Waals surface area (Å²) < 4.78 is 5.19. The molecule has 0 aliphatic carbocycles. The zero-order valence-electron chi connectivity index (χ0n) is 26.9. The topological polar surface area (TPSA) is 66.8 Å². The SMILES string of the molecule is C=C(C)C(=O)OCCCc1ccc(CCc2ccc(-c3ccc(CCCC(CC)(CO)CO)cc3CC)c(CC)c2)cc1. The van der Waals surface area contributed by atoms with Gasteiger partial charge in [-0.2, -0.15) is 0 Å². The molecule has 0 amide bonds. The van der Waals surface area contributed by atoms with Gasteiger partial charge in [0.15, 0.2) is 0 Å². The van der Waals surface area contributed by atoms with Gasteiger partial charge >= 0.3 is 5.97 Å². The van der Waals surface area contributed by atoms with Gasteiger partial charge in [0.1, 0.15) is 0 Å². The molecule has 3 rings (SSSR count). The summed E-state index contributed by atoms with van der Waals surface area (Å²) in [4.78, 5) is 11.5. The molecule has 43 heavy (non-hydrogen) atoms. The highest BCUT2D eigenvalue weighted by molar-refractivity contribution is 5.86. The molecule has 4 heteroatoms. The summed E-state index contributed by atoms with van der Waals surface area (Å²) in [7, 11) is 0. The van der Waals surface area contributed by atoms with Crippen LogP contribution in [0, 0.1) is 5.41 Å². The summed E-state index contributed by atoms with van der Waals surface area (Å²) in [5.41, 5.74) is 10.8. The molecule has 0 saturated carbocycles. The maximum atomic E-state index is 11.5. The fourth-order valence-corrected chi connectivity index (χ4v) is 5.72. The van der Waals surface area contributed by atoms with Crippen molar-refractivity contribution in [3.8, 4) is 11.1 Å². The Bertz CT molecular complexity index is 1310. The first-order valence-electron chi connectivity index (χ1n) is 16.1. The lowest BCUT2D eigenvalue weighted by Gasteiger charge is -2.28. The third-order valence-corrected chi connectivity index (χ3v) is 8.90. The second kappa shape index (κ2) is 17.2.